The first-order valence-electron chi connectivity index (χ1n) is 18.4. The van der Waals surface area contributed by atoms with Crippen molar-refractivity contribution in [2.75, 3.05) is 0 Å². The van der Waals surface area contributed by atoms with Gasteiger partial charge in [-0.05, 0) is 168 Å². The van der Waals surface area contributed by atoms with Gasteiger partial charge in [0, 0.05) is 0 Å². The number of fused-ring (bicyclic) bond motifs is 6. The highest BCUT2D eigenvalue weighted by Gasteiger charge is 2.62. The zero-order valence-electron chi connectivity index (χ0n) is 32.1. The van der Waals surface area contributed by atoms with Gasteiger partial charge < -0.3 is 0 Å². The molecule has 0 unspecified atom stereocenters. The van der Waals surface area contributed by atoms with Gasteiger partial charge in [0.2, 0.25) is 0 Å². The Morgan fingerprint density at radius 1 is 0.320 bits per heavy atom. The number of hydrogen-bond donors (Lipinski definition) is 0. The second-order valence-corrected chi connectivity index (χ2v) is 28.8. The first-order chi connectivity index (χ1) is 23.7. The molecule has 2 atom stereocenters. The van der Waals surface area contributed by atoms with Gasteiger partial charge in [-0.15, -0.1) is 0 Å². The molecule has 0 nitrogen and oxygen atoms in total. The van der Waals surface area contributed by atoms with Crippen LogP contribution in [0, 0.1) is 69.2 Å². The Hall–Kier alpha value is -4.25. The van der Waals surface area contributed by atoms with Crippen LogP contribution in [-0.2, 0) is 0 Å². The number of aryl methyl sites for hydroxylation is 10. The Labute approximate surface area is 302 Å². The maximum atomic E-state index is 2.80. The van der Waals surface area contributed by atoms with E-state index in [4.69, 9.17) is 0 Å². The maximum Gasteiger partial charge on any atom is 0.120 e. The van der Waals surface area contributed by atoms with Crippen molar-refractivity contribution in [2.24, 2.45) is 0 Å². The first kappa shape index (κ1) is 32.9. The van der Waals surface area contributed by atoms with E-state index in [1.165, 1.54) is 100 Å². The lowest BCUT2D eigenvalue weighted by atomic mass is 9.91. The fourth-order valence-corrected chi connectivity index (χ4v) is 28.3. The summed E-state index contributed by atoms with van der Waals surface area (Å²) in [5.41, 5.74) is 25.6. The third-order valence-corrected chi connectivity index (χ3v) is 29.7. The zero-order chi connectivity index (χ0) is 35.6. The smallest absolute Gasteiger partial charge is 0.0627 e. The van der Waals surface area contributed by atoms with Crippen molar-refractivity contribution in [3.8, 4) is 44.5 Å². The van der Waals surface area contributed by atoms with Crippen LogP contribution < -0.4 is 20.7 Å². The van der Waals surface area contributed by atoms with Crippen LogP contribution in [0.2, 0.25) is 13.1 Å². The highest BCUT2D eigenvalue weighted by molar-refractivity contribution is 7.61. The molecule has 2 heteroatoms. The van der Waals surface area contributed by atoms with E-state index in [-0.39, 0.29) is 0 Å². The van der Waals surface area contributed by atoms with E-state index < -0.39 is 15.2 Å². The van der Waals surface area contributed by atoms with Crippen molar-refractivity contribution < 1.29 is 0 Å². The quantitative estimate of drug-likeness (QED) is 0.163. The first-order valence-corrected chi connectivity index (χ1v) is 24.4. The van der Waals surface area contributed by atoms with E-state index in [9.17, 15) is 0 Å². The number of benzene rings is 6. The third-order valence-electron chi connectivity index (χ3n) is 12.6. The van der Waals surface area contributed by atoms with Crippen molar-refractivity contribution >= 4 is 35.9 Å². The molecule has 0 aromatic heterocycles. The van der Waals surface area contributed by atoms with Gasteiger partial charge in [0.25, 0.3) is 0 Å². The average molecular weight is 683 g/mol. The molecule has 0 N–H and O–H groups in total. The monoisotopic (exact) mass is 682 g/mol. The summed E-state index contributed by atoms with van der Waals surface area (Å²) in [5.74, 6) is 0. The highest BCUT2D eigenvalue weighted by Crippen LogP contribution is 2.46. The number of hydrogen-bond acceptors (Lipinski definition) is 0. The average Bonchev–Trinajstić information content (AvgIpc) is 3.44. The molecule has 0 spiro atoms. The van der Waals surface area contributed by atoms with Crippen molar-refractivity contribution in [1.82, 2.24) is 0 Å². The summed E-state index contributed by atoms with van der Waals surface area (Å²) in [7, 11) is -5.18. The molecule has 2 heterocycles. The van der Waals surface area contributed by atoms with Crippen LogP contribution in [0.25, 0.3) is 44.5 Å². The molecule has 2 aliphatic rings. The van der Waals surface area contributed by atoms with E-state index in [0.717, 1.165) is 0 Å². The molecule has 0 fully saturated rings. The topological polar surface area (TPSA) is 0 Å². The highest BCUT2D eigenvalue weighted by atomic mass is 29.3. The lowest BCUT2D eigenvalue weighted by molar-refractivity contribution is 1.32. The molecule has 6 aromatic carbocycles. The van der Waals surface area contributed by atoms with Crippen LogP contribution in [0.1, 0.15) is 55.6 Å². The van der Waals surface area contributed by atoms with E-state index in [2.05, 4.69) is 167 Å². The normalized spacial score (nSPS) is 18.6. The minimum Gasteiger partial charge on any atom is -0.0627 e. The van der Waals surface area contributed by atoms with Gasteiger partial charge in [-0.3, -0.25) is 0 Å². The SMILES string of the molecule is Cc1cc(C)c(-c2cccc3c2[Si@](C)([Si@]2(C)c4cc(C)cc(C)c4-c4cccc(-c5c(C)cc(C)cc5C)c42)c2cc(C)cc(C)c2-3)c(C)c1. The van der Waals surface area contributed by atoms with Crippen LogP contribution in [-0.4, -0.2) is 15.2 Å². The van der Waals surface area contributed by atoms with Crippen molar-refractivity contribution in [1.29, 1.82) is 0 Å². The number of rotatable bonds is 3. The second kappa shape index (κ2) is 11.1. The Morgan fingerprint density at radius 2 is 0.560 bits per heavy atom. The van der Waals surface area contributed by atoms with Crippen LogP contribution in [0.15, 0.2) is 84.9 Å². The van der Waals surface area contributed by atoms with E-state index >= 15 is 0 Å². The van der Waals surface area contributed by atoms with Gasteiger partial charge in [0.05, 0.1) is 0 Å². The van der Waals surface area contributed by atoms with Gasteiger partial charge >= 0.3 is 0 Å². The minimum absolute atomic E-state index is 1.34. The Balaban J connectivity index is 1.60. The Morgan fingerprint density at radius 3 is 0.860 bits per heavy atom. The van der Waals surface area contributed by atoms with Gasteiger partial charge in [-0.2, -0.15) is 0 Å². The standard InChI is InChI=1S/C48H50Si2/c1-27-19-31(5)43(32(6)20-27)37-15-13-17-39-45-35(9)23-29(3)25-41(45)49(11,47(37)39)50(12)42-26-30(4)24-36(10)46(42)40-18-14-16-38(48(40)50)44-33(7)21-28(2)22-34(44)8/h13-26H,1-12H3/t49-,50-/m1/s1. The van der Waals surface area contributed by atoms with Crippen LogP contribution in [0.5, 0.6) is 0 Å². The van der Waals surface area contributed by atoms with Gasteiger partial charge in [0.1, 0.15) is 15.2 Å². The molecule has 2 aliphatic heterocycles. The molecule has 0 amide bonds. The summed E-state index contributed by atoms with van der Waals surface area (Å²) in [6.45, 7) is 28.8. The van der Waals surface area contributed by atoms with Gasteiger partial charge in [-0.1, -0.05) is 120 Å². The van der Waals surface area contributed by atoms with Crippen molar-refractivity contribution in [3.63, 3.8) is 0 Å². The molecule has 0 saturated carbocycles. The molecule has 0 aliphatic carbocycles. The summed E-state index contributed by atoms with van der Waals surface area (Å²) < 4.78 is 0. The van der Waals surface area contributed by atoms with E-state index in [1.54, 1.807) is 20.7 Å². The lowest BCUT2D eigenvalue weighted by Gasteiger charge is -2.43. The predicted molar refractivity (Wildman–Crippen MR) is 224 cm³/mol. The summed E-state index contributed by atoms with van der Waals surface area (Å²) >= 11 is 0. The fraction of sp³-hybridized carbons (Fsp3) is 0.250. The van der Waals surface area contributed by atoms with Gasteiger partial charge in [-0.25, -0.2) is 0 Å². The molecule has 0 radical (unpaired) electrons. The van der Waals surface area contributed by atoms with Crippen LogP contribution in [0.3, 0.4) is 0 Å². The minimum atomic E-state index is -2.59. The molecule has 0 saturated heterocycles. The van der Waals surface area contributed by atoms with Gasteiger partial charge in [0.15, 0.2) is 0 Å². The summed E-state index contributed by atoms with van der Waals surface area (Å²) in [6, 6.07) is 34.2. The second-order valence-electron chi connectivity index (χ2n) is 16.3. The van der Waals surface area contributed by atoms with Crippen LogP contribution >= 0.6 is 0 Å². The molecular weight excluding hydrogens is 633 g/mol. The molecule has 0 bridgehead atoms. The molecular formula is C48H50Si2. The molecule has 50 heavy (non-hydrogen) atoms. The van der Waals surface area contributed by atoms with Crippen molar-refractivity contribution in [3.05, 3.63) is 141 Å². The van der Waals surface area contributed by atoms with E-state index in [1.807, 2.05) is 0 Å². The molecule has 6 aromatic rings. The summed E-state index contributed by atoms with van der Waals surface area (Å²) in [4.78, 5) is 0. The molecule has 250 valence electrons. The predicted octanol–water partition coefficient (Wildman–Crippen LogP) is 10.2. The Bertz CT molecular complexity index is 2240. The van der Waals surface area contributed by atoms with Crippen LogP contribution in [0.4, 0.5) is 0 Å². The fourth-order valence-electron chi connectivity index (χ4n) is 11.0. The Kier molecular flexibility index (Phi) is 7.33. The molecule has 8 rings (SSSR count). The zero-order valence-corrected chi connectivity index (χ0v) is 34.1. The maximum absolute atomic E-state index is 2.80. The van der Waals surface area contributed by atoms with E-state index in [0.29, 0.717) is 0 Å². The third kappa shape index (κ3) is 4.28. The largest absolute Gasteiger partial charge is 0.120 e. The lowest BCUT2D eigenvalue weighted by Crippen LogP contribution is -2.81. The summed E-state index contributed by atoms with van der Waals surface area (Å²) in [6.07, 6.45) is 0. The summed E-state index contributed by atoms with van der Waals surface area (Å²) in [5, 5.41) is 6.63. The van der Waals surface area contributed by atoms with Crippen molar-refractivity contribution in [2.45, 2.75) is 82.3 Å².